The molecule has 0 aliphatic carbocycles. The number of piperidine rings is 1. The van der Waals surface area contributed by atoms with Gasteiger partial charge in [0.2, 0.25) is 0 Å². The summed E-state index contributed by atoms with van der Waals surface area (Å²) in [6.07, 6.45) is 2.40. The van der Waals surface area contributed by atoms with Crippen LogP contribution in [0, 0.1) is 12.8 Å². The van der Waals surface area contributed by atoms with Crippen LogP contribution in [0.1, 0.15) is 32.3 Å². The molecule has 0 atom stereocenters. The lowest BCUT2D eigenvalue weighted by molar-refractivity contribution is 0.198. The number of anilines is 1. The van der Waals surface area contributed by atoms with Gasteiger partial charge in [0, 0.05) is 31.4 Å². The highest BCUT2D eigenvalue weighted by Gasteiger charge is 2.19. The van der Waals surface area contributed by atoms with Crippen molar-refractivity contribution in [2.75, 3.05) is 25.0 Å². The van der Waals surface area contributed by atoms with E-state index in [0.29, 0.717) is 11.8 Å². The van der Waals surface area contributed by atoms with Gasteiger partial charge in [-0.05, 0) is 49.4 Å². The van der Waals surface area contributed by atoms with E-state index in [4.69, 9.17) is 0 Å². The van der Waals surface area contributed by atoms with E-state index >= 15 is 0 Å². The van der Waals surface area contributed by atoms with Gasteiger partial charge in [0.25, 0.3) is 0 Å². The van der Waals surface area contributed by atoms with Crippen molar-refractivity contribution in [2.24, 2.45) is 5.92 Å². The maximum Gasteiger partial charge on any atom is 0.115 e. The van der Waals surface area contributed by atoms with E-state index in [-0.39, 0.29) is 0 Å². The predicted octanol–water partition coefficient (Wildman–Crippen LogP) is 3.23. The molecule has 2 N–H and O–H groups in total. The van der Waals surface area contributed by atoms with Gasteiger partial charge in [0.15, 0.2) is 0 Å². The Balaban J connectivity index is 1.85. The molecule has 3 heteroatoms. The van der Waals surface area contributed by atoms with Gasteiger partial charge >= 0.3 is 0 Å². The van der Waals surface area contributed by atoms with Crippen LogP contribution in [0.15, 0.2) is 18.2 Å². The first-order valence-electron chi connectivity index (χ1n) is 7.33. The van der Waals surface area contributed by atoms with Gasteiger partial charge in [-0.15, -0.1) is 0 Å². The summed E-state index contributed by atoms with van der Waals surface area (Å²) in [5.74, 6) is 1.10. The number of hydrogen-bond donors (Lipinski definition) is 2. The zero-order valence-electron chi connectivity index (χ0n) is 12.3. The Hall–Kier alpha value is -1.22. The number of nitrogens with zero attached hydrogens (tertiary/aromatic N) is 1. The zero-order valence-corrected chi connectivity index (χ0v) is 12.3. The average molecular weight is 262 g/mol. The maximum absolute atomic E-state index is 9.43. The van der Waals surface area contributed by atoms with Crippen molar-refractivity contribution in [3.8, 4) is 5.75 Å². The van der Waals surface area contributed by atoms with Crippen molar-refractivity contribution in [3.63, 3.8) is 0 Å². The van der Waals surface area contributed by atoms with Crippen LogP contribution in [-0.4, -0.2) is 35.7 Å². The Kier molecular flexibility index (Phi) is 4.70. The molecule has 1 aromatic rings. The Labute approximate surface area is 116 Å². The third-order valence-electron chi connectivity index (χ3n) is 3.78. The van der Waals surface area contributed by atoms with Crippen LogP contribution in [0.3, 0.4) is 0 Å². The molecule has 3 nitrogen and oxygen atoms in total. The number of hydrogen-bond acceptors (Lipinski definition) is 3. The van der Waals surface area contributed by atoms with Gasteiger partial charge in [0.1, 0.15) is 5.75 Å². The normalized spacial score (nSPS) is 17.9. The first kappa shape index (κ1) is 14.2. The number of benzene rings is 1. The van der Waals surface area contributed by atoms with E-state index in [0.717, 1.165) is 17.2 Å². The number of phenolic OH excluding ortho intramolecular Hbond substituents is 1. The van der Waals surface area contributed by atoms with Crippen LogP contribution in [0.4, 0.5) is 5.69 Å². The number of aryl methyl sites for hydroxylation is 1. The quantitative estimate of drug-likeness (QED) is 0.818. The van der Waals surface area contributed by atoms with Crippen molar-refractivity contribution in [1.29, 1.82) is 0 Å². The summed E-state index contributed by atoms with van der Waals surface area (Å²) in [5, 5.41) is 13.0. The molecule has 1 aromatic carbocycles. The van der Waals surface area contributed by atoms with Crippen molar-refractivity contribution in [3.05, 3.63) is 23.8 Å². The number of rotatable bonds is 4. The molecule has 0 saturated carbocycles. The molecular formula is C16H26N2O. The zero-order chi connectivity index (χ0) is 13.8. The SMILES string of the molecule is Cc1cc(O)ccc1NC1CCN(CC(C)C)CC1. The summed E-state index contributed by atoms with van der Waals surface area (Å²) >= 11 is 0. The molecule has 19 heavy (non-hydrogen) atoms. The van der Waals surface area contributed by atoms with Gasteiger partial charge in [-0.25, -0.2) is 0 Å². The van der Waals surface area contributed by atoms with Crippen molar-refractivity contribution < 1.29 is 5.11 Å². The highest BCUT2D eigenvalue weighted by Crippen LogP contribution is 2.23. The average Bonchev–Trinajstić information content (AvgIpc) is 2.34. The summed E-state index contributed by atoms with van der Waals surface area (Å²) in [5.41, 5.74) is 2.27. The monoisotopic (exact) mass is 262 g/mol. The van der Waals surface area contributed by atoms with Crippen LogP contribution < -0.4 is 5.32 Å². The topological polar surface area (TPSA) is 35.5 Å². The summed E-state index contributed by atoms with van der Waals surface area (Å²) in [7, 11) is 0. The fraction of sp³-hybridized carbons (Fsp3) is 0.625. The van der Waals surface area contributed by atoms with Gasteiger partial charge in [-0.3, -0.25) is 0 Å². The van der Waals surface area contributed by atoms with Crippen molar-refractivity contribution in [1.82, 2.24) is 4.90 Å². The van der Waals surface area contributed by atoms with E-state index in [1.54, 1.807) is 6.07 Å². The minimum absolute atomic E-state index is 0.342. The third kappa shape index (κ3) is 4.13. The number of nitrogens with one attached hydrogen (secondary N) is 1. The fourth-order valence-electron chi connectivity index (χ4n) is 2.81. The number of likely N-dealkylation sites (tertiary alicyclic amines) is 1. The second kappa shape index (κ2) is 6.29. The number of aromatic hydroxyl groups is 1. The molecule has 1 saturated heterocycles. The molecule has 0 radical (unpaired) electrons. The molecule has 1 fully saturated rings. The standard InChI is InChI=1S/C16H26N2O/c1-12(2)11-18-8-6-14(7-9-18)17-16-5-4-15(19)10-13(16)3/h4-5,10,12,14,17,19H,6-9,11H2,1-3H3. The van der Waals surface area contributed by atoms with E-state index in [1.165, 1.54) is 32.5 Å². The molecule has 1 heterocycles. The minimum Gasteiger partial charge on any atom is -0.508 e. The highest BCUT2D eigenvalue weighted by atomic mass is 16.3. The van der Waals surface area contributed by atoms with Gasteiger partial charge in [-0.2, -0.15) is 0 Å². The summed E-state index contributed by atoms with van der Waals surface area (Å²) in [4.78, 5) is 2.56. The molecule has 1 aliphatic heterocycles. The van der Waals surface area contributed by atoms with Gasteiger partial charge < -0.3 is 15.3 Å². The lowest BCUT2D eigenvalue weighted by Gasteiger charge is -2.34. The molecule has 0 amide bonds. The molecule has 106 valence electrons. The van der Waals surface area contributed by atoms with Crippen LogP contribution in [-0.2, 0) is 0 Å². The maximum atomic E-state index is 9.43. The largest absolute Gasteiger partial charge is 0.508 e. The van der Waals surface area contributed by atoms with Crippen molar-refractivity contribution in [2.45, 2.75) is 39.7 Å². The van der Waals surface area contributed by atoms with E-state index in [1.807, 2.05) is 19.1 Å². The van der Waals surface area contributed by atoms with Crippen molar-refractivity contribution >= 4 is 5.69 Å². The molecule has 0 bridgehead atoms. The summed E-state index contributed by atoms with van der Waals surface area (Å²) in [6, 6.07) is 6.11. The Bertz CT molecular complexity index is 409. The Morgan fingerprint density at radius 1 is 1.32 bits per heavy atom. The lowest BCUT2D eigenvalue weighted by atomic mass is 10.0. The molecule has 0 aromatic heterocycles. The second-order valence-corrected chi connectivity index (χ2v) is 6.11. The molecule has 2 rings (SSSR count). The van der Waals surface area contributed by atoms with Gasteiger partial charge in [-0.1, -0.05) is 13.8 Å². The molecule has 1 aliphatic rings. The first-order valence-corrected chi connectivity index (χ1v) is 7.33. The van der Waals surface area contributed by atoms with Gasteiger partial charge in [0.05, 0.1) is 0 Å². The molecule has 0 spiro atoms. The first-order chi connectivity index (χ1) is 9.04. The van der Waals surface area contributed by atoms with E-state index in [9.17, 15) is 5.11 Å². The number of phenols is 1. The third-order valence-corrected chi connectivity index (χ3v) is 3.78. The van der Waals surface area contributed by atoms with Crippen LogP contribution in [0.5, 0.6) is 5.75 Å². The fourth-order valence-corrected chi connectivity index (χ4v) is 2.81. The second-order valence-electron chi connectivity index (χ2n) is 6.11. The predicted molar refractivity (Wildman–Crippen MR) is 80.8 cm³/mol. The van der Waals surface area contributed by atoms with E-state index < -0.39 is 0 Å². The highest BCUT2D eigenvalue weighted by molar-refractivity contribution is 5.53. The van der Waals surface area contributed by atoms with E-state index in [2.05, 4.69) is 24.1 Å². The van der Waals surface area contributed by atoms with Crippen LogP contribution in [0.2, 0.25) is 0 Å². The smallest absolute Gasteiger partial charge is 0.115 e. The molecular weight excluding hydrogens is 236 g/mol. The Morgan fingerprint density at radius 3 is 2.58 bits per heavy atom. The summed E-state index contributed by atoms with van der Waals surface area (Å²) in [6.45, 7) is 10.2. The van der Waals surface area contributed by atoms with Crippen LogP contribution >= 0.6 is 0 Å². The summed E-state index contributed by atoms with van der Waals surface area (Å²) < 4.78 is 0. The van der Waals surface area contributed by atoms with Crippen LogP contribution in [0.25, 0.3) is 0 Å². The lowest BCUT2D eigenvalue weighted by Crippen LogP contribution is -2.40. The minimum atomic E-state index is 0.342. The Morgan fingerprint density at radius 2 is 2.00 bits per heavy atom. The molecule has 0 unspecified atom stereocenters.